The third-order valence-electron chi connectivity index (χ3n) is 25.4. The molecule has 7 aliphatic rings. The van der Waals surface area contributed by atoms with Crippen molar-refractivity contribution in [1.82, 2.24) is 16.0 Å². The Labute approximate surface area is 759 Å². The number of hydrogen-bond acceptors (Lipinski definition) is 36. The van der Waals surface area contributed by atoms with Crippen LogP contribution in [0.15, 0.2) is 24.3 Å². The van der Waals surface area contributed by atoms with Crippen molar-refractivity contribution in [2.45, 2.75) is 487 Å². The number of carbonyl (C=O) groups excluding carboxylic acids is 3. The monoisotopic (exact) mass is 1860 g/mol. The molecule has 39 heteroatoms. The Morgan fingerprint density at radius 1 is 0.318 bits per heavy atom. The topological polar surface area (TPSA) is 601 Å². The number of rotatable bonds is 60. The first-order valence-corrected chi connectivity index (χ1v) is 47.8. The van der Waals surface area contributed by atoms with Gasteiger partial charge in [0.1, 0.15) is 159 Å². The number of unbranched alkanes of at least 4 members (excludes halogenated alkanes) is 30. The van der Waals surface area contributed by atoms with Crippen LogP contribution in [0.1, 0.15) is 260 Å². The second-order valence-electron chi connectivity index (χ2n) is 35.9. The smallest absolute Gasteiger partial charge is 0.220 e. The van der Waals surface area contributed by atoms with Gasteiger partial charge < -0.3 is 179 Å². The van der Waals surface area contributed by atoms with Gasteiger partial charge >= 0.3 is 0 Å². The van der Waals surface area contributed by atoms with Gasteiger partial charge in [0.15, 0.2) is 44.0 Å². The van der Waals surface area contributed by atoms with Gasteiger partial charge in [0, 0.05) is 20.3 Å². The Morgan fingerprint density at radius 3 is 1.15 bits per heavy atom. The highest BCUT2D eigenvalue weighted by atomic mass is 16.8. The van der Waals surface area contributed by atoms with E-state index in [4.69, 9.17) is 66.3 Å². The molecule has 0 saturated carbocycles. The molecule has 129 heavy (non-hydrogen) atoms. The van der Waals surface area contributed by atoms with Crippen molar-refractivity contribution >= 4 is 17.7 Å². The molecule has 0 aromatic heterocycles. The summed E-state index contributed by atoms with van der Waals surface area (Å²) in [5.41, 5.74) is 0. The molecule has 14 unspecified atom stereocenters. The fraction of sp³-hybridized carbons (Fsp3) is 0.922. The van der Waals surface area contributed by atoms with Crippen LogP contribution >= 0.6 is 0 Å². The third kappa shape index (κ3) is 34.9. The average Bonchev–Trinajstić information content (AvgIpc) is 0.751. The number of amides is 3. The second kappa shape index (κ2) is 60.3. The molecule has 3 amide bonds. The summed E-state index contributed by atoms with van der Waals surface area (Å²) in [7, 11) is 0. The summed E-state index contributed by atoms with van der Waals surface area (Å²) in [5, 5.41) is 224. The van der Waals surface area contributed by atoms with E-state index in [2.05, 4.69) is 41.9 Å². The van der Waals surface area contributed by atoms with Crippen LogP contribution in [-0.2, 0) is 80.7 Å². The Kier molecular flexibility index (Phi) is 52.6. The maximum Gasteiger partial charge on any atom is 0.220 e. The van der Waals surface area contributed by atoms with Crippen LogP contribution in [0.2, 0.25) is 0 Å². The van der Waals surface area contributed by atoms with E-state index in [1.165, 1.54) is 155 Å². The van der Waals surface area contributed by atoms with Gasteiger partial charge in [-0.15, -0.1) is 0 Å². The van der Waals surface area contributed by atoms with Crippen molar-refractivity contribution in [2.75, 3.05) is 39.6 Å². The highest BCUT2D eigenvalue weighted by molar-refractivity contribution is 5.76. The summed E-state index contributed by atoms with van der Waals surface area (Å²) in [5.74, 6) is -2.18. The molecule has 0 aromatic carbocycles. The molecule has 22 N–H and O–H groups in total. The van der Waals surface area contributed by atoms with Crippen LogP contribution in [0, 0.1) is 0 Å². The minimum atomic E-state index is -2.34. The van der Waals surface area contributed by atoms with Gasteiger partial charge in [-0.1, -0.05) is 205 Å². The van der Waals surface area contributed by atoms with Gasteiger partial charge in [0.25, 0.3) is 0 Å². The fourth-order valence-electron chi connectivity index (χ4n) is 17.6. The molecule has 0 radical (unpaired) electrons. The zero-order valence-electron chi connectivity index (χ0n) is 76.4. The number of nitrogens with one attached hydrogen (secondary N) is 3. The maximum absolute atomic E-state index is 13.8. The lowest BCUT2D eigenvalue weighted by Gasteiger charge is -2.53. The van der Waals surface area contributed by atoms with Gasteiger partial charge in [0.05, 0.1) is 64.0 Å². The molecule has 0 aliphatic carbocycles. The molecule has 37 atom stereocenters. The van der Waals surface area contributed by atoms with E-state index in [0.29, 0.717) is 12.8 Å². The molecule has 752 valence electrons. The van der Waals surface area contributed by atoms with Crippen molar-refractivity contribution < 1.29 is 178 Å². The highest BCUT2D eigenvalue weighted by Gasteiger charge is 2.61. The molecular formula is C90H161N3O36. The van der Waals surface area contributed by atoms with Gasteiger partial charge in [-0.05, 0) is 58.8 Å². The number of ether oxygens (including phenoxy) is 14. The third-order valence-corrected chi connectivity index (χ3v) is 25.4. The molecule has 0 spiro atoms. The molecule has 7 rings (SSSR count). The van der Waals surface area contributed by atoms with Crippen LogP contribution in [0.3, 0.4) is 0 Å². The number of aliphatic hydroxyl groups is 19. The Hall–Kier alpha value is -3.43. The molecular weight excluding hydrogens is 1700 g/mol. The van der Waals surface area contributed by atoms with Crippen molar-refractivity contribution in [3.05, 3.63) is 24.3 Å². The number of carbonyl (C=O) groups is 3. The zero-order valence-corrected chi connectivity index (χ0v) is 76.4. The highest BCUT2D eigenvalue weighted by Crippen LogP contribution is 2.41. The van der Waals surface area contributed by atoms with E-state index in [9.17, 15) is 111 Å². The minimum absolute atomic E-state index is 0.145. The van der Waals surface area contributed by atoms with Crippen LogP contribution in [0.25, 0.3) is 0 Å². The standard InChI is InChI=1S/C90H161N3O36/c1-7-9-11-13-15-17-19-21-22-23-24-25-26-27-28-29-30-32-34-36-38-40-42-44-62(102)93-55(56(101)43-41-39-37-35-33-31-20-18-16-14-12-10-8-2)50-116-86-76(114)73(111)78(60(48-97)123-86)124-89-77(115)81(68(106)58(46-95)120-89)127-85-64(92-54(6)100)80(79(61(49-98)122-85)125-87-74(112)71(109)65(103)51(3)117-87)126-90-83(129-88-75(113)72(110)66(104)52(4)118-88)82(69(107)59(47-96)121-90)128-84-63(91-53(5)99)70(108)67(105)57(45-94)119-84/h21-22,41,43,51-52,55-61,63-90,94-98,101,103-115H,7-20,23-40,42,44-50H2,1-6H3,(H,91,99)(H,92,100)(H,93,102)/b22-21-,43-41+/t51?,52?,55-,56+,57?,58?,59?,60?,61?,63?,64?,65+,66+,67-,68-,69-,70+,71?,72?,73+,74-,75-,76?,77?,78+,79+,80+,81-,82-,83?,84+,85-,86+,87+,88+,89-,90-/m0/s1. The fourth-order valence-corrected chi connectivity index (χ4v) is 17.6. The predicted octanol–water partition coefficient (Wildman–Crippen LogP) is 0.352. The first-order valence-electron chi connectivity index (χ1n) is 47.8. The van der Waals surface area contributed by atoms with E-state index in [-0.39, 0.29) is 12.3 Å². The Balaban J connectivity index is 1.07. The van der Waals surface area contributed by atoms with Crippen molar-refractivity contribution in [1.29, 1.82) is 0 Å². The molecule has 7 aliphatic heterocycles. The second-order valence-corrected chi connectivity index (χ2v) is 35.9. The summed E-state index contributed by atoms with van der Waals surface area (Å²) in [6.45, 7) is 3.10. The first-order chi connectivity index (χ1) is 62.0. The maximum atomic E-state index is 13.8. The lowest BCUT2D eigenvalue weighted by Crippen LogP contribution is -2.72. The summed E-state index contributed by atoms with van der Waals surface area (Å²) in [4.78, 5) is 40.3. The number of aliphatic hydroxyl groups excluding tert-OH is 19. The quantitative estimate of drug-likeness (QED) is 0.0289. The van der Waals surface area contributed by atoms with Crippen molar-refractivity contribution in [2.24, 2.45) is 0 Å². The van der Waals surface area contributed by atoms with E-state index >= 15 is 0 Å². The number of hydrogen-bond donors (Lipinski definition) is 22. The van der Waals surface area contributed by atoms with Crippen LogP contribution < -0.4 is 16.0 Å². The molecule has 7 fully saturated rings. The van der Waals surface area contributed by atoms with E-state index in [1.54, 1.807) is 6.08 Å². The van der Waals surface area contributed by atoms with Gasteiger partial charge in [-0.2, -0.15) is 0 Å². The molecule has 0 bridgehead atoms. The van der Waals surface area contributed by atoms with Gasteiger partial charge in [-0.25, -0.2) is 0 Å². The first kappa shape index (κ1) is 113. The van der Waals surface area contributed by atoms with Crippen molar-refractivity contribution in [3.8, 4) is 0 Å². The summed E-state index contributed by atoms with van der Waals surface area (Å²) in [6.07, 6.45) is -20.7. The Bertz CT molecular complexity index is 3090. The van der Waals surface area contributed by atoms with Crippen LogP contribution in [0.4, 0.5) is 0 Å². The van der Waals surface area contributed by atoms with Crippen LogP contribution in [0.5, 0.6) is 0 Å². The van der Waals surface area contributed by atoms with Gasteiger partial charge in [0.2, 0.25) is 17.7 Å². The van der Waals surface area contributed by atoms with E-state index < -0.39 is 278 Å². The van der Waals surface area contributed by atoms with Gasteiger partial charge in [-0.3, -0.25) is 14.4 Å². The number of allylic oxidation sites excluding steroid dienone is 3. The lowest BCUT2D eigenvalue weighted by atomic mass is 9.93. The summed E-state index contributed by atoms with van der Waals surface area (Å²) in [6, 6.07) is -4.93. The molecule has 0 aromatic rings. The average molecular weight is 1860 g/mol. The lowest BCUT2D eigenvalue weighted by molar-refractivity contribution is -0.408. The molecule has 39 nitrogen and oxygen atoms in total. The van der Waals surface area contributed by atoms with Crippen LogP contribution in [-0.4, -0.2) is 381 Å². The SMILES string of the molecule is CCCCCCCC/C=C\CCCCCCCCCCCCCCCC(=O)N[C@@H](CO[C@@H]1OC(CO)[C@@H](O[C@@H]2OC(CO)[C@H](O)[C@H](O[C@@H]3OC(CO)[C@@H](O[C@H]4OC(C)[C@@H](O)C(O)[C@@H]4O)[C@H](O[C@@H]4OC(CO)[C@H](O)[C@H](O[C@H]5OC(CO)[C@H](O)[C@H](O)C5NC(C)=O)C4O[C@H]4OC(C)[C@@H](O)C(O)[C@@H]4O)C3NC(C)=O)C2O)[C@H](O)C1O)[C@H](O)/C=C/CCCCCCCCCCCCC. The predicted molar refractivity (Wildman–Crippen MR) is 460 cm³/mol. The normalized spacial score (nSPS) is 37.5. The van der Waals surface area contributed by atoms with E-state index in [0.717, 1.165) is 71.6 Å². The molecule has 7 heterocycles. The zero-order chi connectivity index (χ0) is 94.2. The van der Waals surface area contributed by atoms with E-state index in [1.807, 2.05) is 6.08 Å². The minimum Gasteiger partial charge on any atom is -0.394 e. The molecule has 7 saturated heterocycles. The van der Waals surface area contributed by atoms with Crippen molar-refractivity contribution in [3.63, 3.8) is 0 Å². The summed E-state index contributed by atoms with van der Waals surface area (Å²) >= 11 is 0. The Morgan fingerprint density at radius 2 is 0.667 bits per heavy atom. The largest absolute Gasteiger partial charge is 0.394 e. The summed E-state index contributed by atoms with van der Waals surface area (Å²) < 4.78 is 86.4.